The van der Waals surface area contributed by atoms with E-state index < -0.39 is 0 Å². The lowest BCUT2D eigenvalue weighted by Crippen LogP contribution is -2.10. The van der Waals surface area contributed by atoms with Gasteiger partial charge in [-0.3, -0.25) is 0 Å². The number of benzene rings is 2. The summed E-state index contributed by atoms with van der Waals surface area (Å²) in [5.41, 5.74) is 2.33. The Labute approximate surface area is 135 Å². The van der Waals surface area contributed by atoms with Gasteiger partial charge in [-0.25, -0.2) is 4.98 Å². The first-order chi connectivity index (χ1) is 10.5. The SMILES string of the molecule is CCOc1ccc2cc(-c3csc(C(C)(C)C)n3)ccc2c1. The molecule has 0 aliphatic rings. The minimum atomic E-state index is 0.103. The van der Waals surface area contributed by atoms with Crippen molar-refractivity contribution in [3.8, 4) is 17.0 Å². The Morgan fingerprint density at radius 1 is 1.05 bits per heavy atom. The Morgan fingerprint density at radius 2 is 1.77 bits per heavy atom. The molecule has 0 aliphatic heterocycles. The van der Waals surface area contributed by atoms with Gasteiger partial charge in [0.25, 0.3) is 0 Å². The van der Waals surface area contributed by atoms with Crippen molar-refractivity contribution in [1.29, 1.82) is 0 Å². The minimum absolute atomic E-state index is 0.103. The van der Waals surface area contributed by atoms with E-state index in [1.807, 2.05) is 13.0 Å². The van der Waals surface area contributed by atoms with Crippen molar-refractivity contribution >= 4 is 22.1 Å². The van der Waals surface area contributed by atoms with E-state index in [0.29, 0.717) is 6.61 Å². The monoisotopic (exact) mass is 311 g/mol. The smallest absolute Gasteiger partial charge is 0.119 e. The summed E-state index contributed by atoms with van der Waals surface area (Å²) in [5, 5.41) is 5.73. The van der Waals surface area contributed by atoms with Gasteiger partial charge in [0.05, 0.1) is 17.3 Å². The second-order valence-corrected chi connectivity index (χ2v) is 7.30. The maximum Gasteiger partial charge on any atom is 0.119 e. The Hall–Kier alpha value is -1.87. The highest BCUT2D eigenvalue weighted by Crippen LogP contribution is 2.31. The van der Waals surface area contributed by atoms with E-state index in [9.17, 15) is 0 Å². The maximum absolute atomic E-state index is 5.56. The van der Waals surface area contributed by atoms with Crippen molar-refractivity contribution in [2.45, 2.75) is 33.1 Å². The summed E-state index contributed by atoms with van der Waals surface area (Å²) < 4.78 is 5.56. The molecule has 3 heteroatoms. The van der Waals surface area contributed by atoms with Crippen LogP contribution in [0.3, 0.4) is 0 Å². The van der Waals surface area contributed by atoms with E-state index in [4.69, 9.17) is 9.72 Å². The molecule has 22 heavy (non-hydrogen) atoms. The van der Waals surface area contributed by atoms with Crippen LogP contribution in [0, 0.1) is 0 Å². The predicted molar refractivity (Wildman–Crippen MR) is 94.9 cm³/mol. The zero-order valence-corrected chi connectivity index (χ0v) is 14.3. The predicted octanol–water partition coefficient (Wildman–Crippen LogP) is 5.66. The number of aromatic nitrogens is 1. The van der Waals surface area contributed by atoms with Crippen LogP contribution >= 0.6 is 11.3 Å². The van der Waals surface area contributed by atoms with E-state index in [-0.39, 0.29) is 5.41 Å². The summed E-state index contributed by atoms with van der Waals surface area (Å²) >= 11 is 1.73. The molecule has 0 aliphatic carbocycles. The third-order valence-corrected chi connectivity index (χ3v) is 4.83. The molecule has 0 N–H and O–H groups in total. The molecule has 0 spiro atoms. The standard InChI is InChI=1S/C19H21NOS/c1-5-21-16-9-8-13-10-15(7-6-14(13)11-16)17-12-22-18(20-17)19(2,3)4/h6-12H,5H2,1-4H3. The van der Waals surface area contributed by atoms with E-state index in [0.717, 1.165) is 11.4 Å². The van der Waals surface area contributed by atoms with Crippen molar-refractivity contribution in [2.75, 3.05) is 6.61 Å². The lowest BCUT2D eigenvalue weighted by Gasteiger charge is -2.13. The molecule has 3 aromatic rings. The fourth-order valence-corrected chi connectivity index (χ4v) is 3.31. The lowest BCUT2D eigenvalue weighted by atomic mass is 9.98. The third kappa shape index (κ3) is 3.00. The van der Waals surface area contributed by atoms with E-state index in [1.54, 1.807) is 11.3 Å². The van der Waals surface area contributed by atoms with Crippen LogP contribution < -0.4 is 4.74 Å². The second kappa shape index (κ2) is 5.73. The van der Waals surface area contributed by atoms with Gasteiger partial charge in [0, 0.05) is 16.4 Å². The number of hydrogen-bond donors (Lipinski definition) is 0. The van der Waals surface area contributed by atoms with Gasteiger partial charge >= 0.3 is 0 Å². The first kappa shape index (κ1) is 15.0. The molecule has 0 fully saturated rings. The van der Waals surface area contributed by atoms with Gasteiger partial charge in [0.2, 0.25) is 0 Å². The summed E-state index contributed by atoms with van der Waals surface area (Å²) in [7, 11) is 0. The zero-order valence-electron chi connectivity index (χ0n) is 13.5. The summed E-state index contributed by atoms with van der Waals surface area (Å²) in [6.07, 6.45) is 0. The van der Waals surface area contributed by atoms with Crippen LogP contribution in [0.4, 0.5) is 0 Å². The van der Waals surface area contributed by atoms with Crippen molar-refractivity contribution in [2.24, 2.45) is 0 Å². The largest absolute Gasteiger partial charge is 0.494 e. The van der Waals surface area contributed by atoms with Gasteiger partial charge in [-0.2, -0.15) is 0 Å². The first-order valence-corrected chi connectivity index (χ1v) is 8.48. The second-order valence-electron chi connectivity index (χ2n) is 6.44. The minimum Gasteiger partial charge on any atom is -0.494 e. The topological polar surface area (TPSA) is 22.1 Å². The molecule has 0 unspecified atom stereocenters. The fraction of sp³-hybridized carbons (Fsp3) is 0.316. The lowest BCUT2D eigenvalue weighted by molar-refractivity contribution is 0.341. The van der Waals surface area contributed by atoms with Gasteiger partial charge in [0.1, 0.15) is 5.75 Å². The number of ether oxygens (including phenoxy) is 1. The van der Waals surface area contributed by atoms with Gasteiger partial charge < -0.3 is 4.74 Å². The number of thiazole rings is 1. The summed E-state index contributed by atoms with van der Waals surface area (Å²) in [4.78, 5) is 4.80. The molecule has 0 saturated heterocycles. The number of nitrogens with zero attached hydrogens (tertiary/aromatic N) is 1. The Morgan fingerprint density at radius 3 is 2.45 bits per heavy atom. The molecule has 114 valence electrons. The quantitative estimate of drug-likeness (QED) is 0.622. The van der Waals surface area contributed by atoms with Crippen LogP contribution in [0.25, 0.3) is 22.0 Å². The fourth-order valence-electron chi connectivity index (χ4n) is 2.39. The van der Waals surface area contributed by atoms with Crippen LogP contribution in [0.1, 0.15) is 32.7 Å². The Bertz CT molecular complexity index is 799. The molecule has 0 radical (unpaired) electrons. The molecular formula is C19H21NOS. The maximum atomic E-state index is 5.56. The molecule has 0 saturated carbocycles. The number of hydrogen-bond acceptors (Lipinski definition) is 3. The van der Waals surface area contributed by atoms with Crippen LogP contribution in [0.2, 0.25) is 0 Å². The summed E-state index contributed by atoms with van der Waals surface area (Å²) in [5.74, 6) is 0.923. The van der Waals surface area contributed by atoms with Crippen LogP contribution in [0.5, 0.6) is 5.75 Å². The van der Waals surface area contributed by atoms with Crippen molar-refractivity contribution < 1.29 is 4.74 Å². The molecule has 0 atom stereocenters. The van der Waals surface area contributed by atoms with Gasteiger partial charge in [0.15, 0.2) is 0 Å². The molecule has 2 nitrogen and oxygen atoms in total. The molecule has 0 amide bonds. The highest BCUT2D eigenvalue weighted by atomic mass is 32.1. The van der Waals surface area contributed by atoms with E-state index in [2.05, 4.69) is 56.5 Å². The Balaban J connectivity index is 1.98. The summed E-state index contributed by atoms with van der Waals surface area (Å²) in [6.45, 7) is 9.29. The number of fused-ring (bicyclic) bond motifs is 1. The third-order valence-electron chi connectivity index (χ3n) is 3.56. The van der Waals surface area contributed by atoms with Gasteiger partial charge in [-0.1, -0.05) is 39.0 Å². The first-order valence-electron chi connectivity index (χ1n) is 7.60. The Kier molecular flexibility index (Phi) is 3.92. The molecular weight excluding hydrogens is 290 g/mol. The van der Waals surface area contributed by atoms with Crippen LogP contribution in [0.15, 0.2) is 41.8 Å². The number of rotatable bonds is 3. The average Bonchev–Trinajstić information content (AvgIpc) is 2.97. The average molecular weight is 311 g/mol. The highest BCUT2D eigenvalue weighted by Gasteiger charge is 2.18. The molecule has 2 aromatic carbocycles. The normalized spacial score (nSPS) is 11.8. The van der Waals surface area contributed by atoms with Crippen molar-refractivity contribution in [1.82, 2.24) is 4.98 Å². The van der Waals surface area contributed by atoms with Crippen molar-refractivity contribution in [3.05, 3.63) is 46.8 Å². The van der Waals surface area contributed by atoms with Gasteiger partial charge in [-0.05, 0) is 35.9 Å². The molecule has 1 heterocycles. The van der Waals surface area contributed by atoms with Crippen LogP contribution in [-0.4, -0.2) is 11.6 Å². The van der Waals surface area contributed by atoms with E-state index >= 15 is 0 Å². The highest BCUT2D eigenvalue weighted by molar-refractivity contribution is 7.10. The van der Waals surface area contributed by atoms with Gasteiger partial charge in [-0.15, -0.1) is 11.3 Å². The van der Waals surface area contributed by atoms with Crippen molar-refractivity contribution in [3.63, 3.8) is 0 Å². The molecule has 1 aromatic heterocycles. The molecule has 3 rings (SSSR count). The van der Waals surface area contributed by atoms with E-state index in [1.165, 1.54) is 21.3 Å². The molecule has 0 bridgehead atoms. The summed E-state index contributed by atoms with van der Waals surface area (Å²) in [6, 6.07) is 12.7. The zero-order chi connectivity index (χ0) is 15.7. The van der Waals surface area contributed by atoms with Crippen LogP contribution in [-0.2, 0) is 5.41 Å².